The number of hydrogen-bond donors (Lipinski definition) is 1. The lowest BCUT2D eigenvalue weighted by atomic mass is 10.1. The molecule has 3 rings (SSSR count). The van der Waals surface area contributed by atoms with Gasteiger partial charge in [-0.3, -0.25) is 9.78 Å². The zero-order chi connectivity index (χ0) is 22.3. The molecule has 0 aliphatic carbocycles. The van der Waals surface area contributed by atoms with E-state index in [1.54, 1.807) is 49.6 Å². The molecule has 0 radical (unpaired) electrons. The van der Waals surface area contributed by atoms with Crippen LogP contribution in [0.2, 0.25) is 0 Å². The molecule has 0 saturated carbocycles. The lowest BCUT2D eigenvalue weighted by Crippen LogP contribution is -2.37. The third-order valence-electron chi connectivity index (χ3n) is 4.76. The third kappa shape index (κ3) is 5.90. The summed E-state index contributed by atoms with van der Waals surface area (Å²) in [5.41, 5.74) is 2.50. The maximum Gasteiger partial charge on any atom is 0.245 e. The first kappa shape index (κ1) is 22.5. The van der Waals surface area contributed by atoms with Crippen molar-refractivity contribution >= 4 is 21.6 Å². The van der Waals surface area contributed by atoms with Crippen LogP contribution in [0.15, 0.2) is 78.0 Å². The van der Waals surface area contributed by atoms with Crippen LogP contribution >= 0.6 is 0 Å². The molecule has 162 valence electrons. The van der Waals surface area contributed by atoms with Crippen molar-refractivity contribution in [3.63, 3.8) is 0 Å². The second-order valence-corrected chi connectivity index (χ2v) is 8.85. The van der Waals surface area contributed by atoms with Crippen molar-refractivity contribution in [1.29, 1.82) is 0 Å². The number of carbonyl (C=O) groups excluding carboxylic acids is 1. The van der Waals surface area contributed by atoms with Crippen molar-refractivity contribution in [3.8, 4) is 5.75 Å². The number of hydrogen-bond acceptors (Lipinski definition) is 5. The number of sulfonamides is 1. The highest BCUT2D eigenvalue weighted by atomic mass is 32.2. The summed E-state index contributed by atoms with van der Waals surface area (Å²) in [6.07, 6.45) is 3.67. The van der Waals surface area contributed by atoms with Crippen molar-refractivity contribution in [3.05, 3.63) is 84.2 Å². The lowest BCUT2D eigenvalue weighted by Gasteiger charge is -2.22. The Morgan fingerprint density at radius 2 is 1.71 bits per heavy atom. The number of ether oxygens (including phenoxy) is 1. The van der Waals surface area contributed by atoms with Crippen LogP contribution in [0, 0.1) is 0 Å². The summed E-state index contributed by atoms with van der Waals surface area (Å²) >= 11 is 0. The van der Waals surface area contributed by atoms with Crippen LogP contribution in [0.3, 0.4) is 0 Å². The number of rotatable bonds is 9. The van der Waals surface area contributed by atoms with Crippen LogP contribution in [-0.4, -0.2) is 37.3 Å². The quantitative estimate of drug-likeness (QED) is 0.551. The molecule has 0 atom stereocenters. The predicted molar refractivity (Wildman–Crippen MR) is 119 cm³/mol. The van der Waals surface area contributed by atoms with E-state index >= 15 is 0 Å². The Hall–Kier alpha value is -3.23. The van der Waals surface area contributed by atoms with Crippen molar-refractivity contribution in [2.24, 2.45) is 0 Å². The average Bonchev–Trinajstić information content (AvgIpc) is 2.80. The summed E-state index contributed by atoms with van der Waals surface area (Å²) in [6.45, 7) is 1.75. The van der Waals surface area contributed by atoms with E-state index in [1.807, 2.05) is 19.1 Å². The van der Waals surface area contributed by atoms with Gasteiger partial charge in [-0.2, -0.15) is 4.31 Å². The highest BCUT2D eigenvalue weighted by Crippen LogP contribution is 2.20. The summed E-state index contributed by atoms with van der Waals surface area (Å²) in [4.78, 5) is 16.6. The minimum atomic E-state index is -3.93. The van der Waals surface area contributed by atoms with E-state index < -0.39 is 15.9 Å². The Balaban J connectivity index is 1.82. The summed E-state index contributed by atoms with van der Waals surface area (Å²) in [7, 11) is -2.37. The number of pyridine rings is 1. The van der Waals surface area contributed by atoms with Gasteiger partial charge < -0.3 is 10.1 Å². The highest BCUT2D eigenvalue weighted by molar-refractivity contribution is 7.89. The highest BCUT2D eigenvalue weighted by Gasteiger charge is 2.27. The Morgan fingerprint density at radius 3 is 2.29 bits per heavy atom. The molecule has 1 amide bonds. The van der Waals surface area contributed by atoms with Gasteiger partial charge in [0.2, 0.25) is 15.9 Å². The zero-order valence-corrected chi connectivity index (χ0v) is 18.3. The maximum absolute atomic E-state index is 13.2. The molecule has 1 aromatic heterocycles. The molecule has 31 heavy (non-hydrogen) atoms. The number of methoxy groups -OCH3 is 1. The largest absolute Gasteiger partial charge is 0.497 e. The number of aromatic nitrogens is 1. The minimum Gasteiger partial charge on any atom is -0.497 e. The van der Waals surface area contributed by atoms with E-state index in [-0.39, 0.29) is 18.0 Å². The molecule has 0 bridgehead atoms. The fourth-order valence-corrected chi connectivity index (χ4v) is 4.34. The number of amides is 1. The molecule has 0 saturated heterocycles. The first-order valence-electron chi connectivity index (χ1n) is 9.84. The molecule has 3 aromatic rings. The summed E-state index contributed by atoms with van der Waals surface area (Å²) in [6, 6.07) is 17.5. The lowest BCUT2D eigenvalue weighted by molar-refractivity contribution is -0.116. The molecule has 1 N–H and O–H groups in total. The molecule has 2 aromatic carbocycles. The Morgan fingerprint density at radius 1 is 1.03 bits per heavy atom. The van der Waals surface area contributed by atoms with Crippen molar-refractivity contribution < 1.29 is 17.9 Å². The molecule has 0 fully saturated rings. The van der Waals surface area contributed by atoms with Gasteiger partial charge in [-0.25, -0.2) is 8.42 Å². The molecule has 7 nitrogen and oxygen atoms in total. The SMILES string of the molecule is CCc1ccc(NC(=O)CN(Cc2ccc(OC)cc2)S(=O)(=O)c2cccnc2)cc1. The predicted octanol–water partition coefficient (Wildman–Crippen LogP) is 3.48. The summed E-state index contributed by atoms with van der Waals surface area (Å²) in [5.74, 6) is 0.240. The van der Waals surface area contributed by atoms with E-state index in [1.165, 1.54) is 18.5 Å². The van der Waals surface area contributed by atoms with Crippen molar-refractivity contribution in [1.82, 2.24) is 9.29 Å². The maximum atomic E-state index is 13.2. The molecule has 0 aliphatic heterocycles. The molecule has 0 spiro atoms. The standard InChI is InChI=1S/C23H25N3O4S/c1-3-18-6-10-20(11-7-18)25-23(27)17-26(16-19-8-12-21(30-2)13-9-19)31(28,29)22-5-4-14-24-15-22/h4-15H,3,16-17H2,1-2H3,(H,25,27). The first-order chi connectivity index (χ1) is 14.9. The fourth-order valence-electron chi connectivity index (χ4n) is 2.99. The second-order valence-electron chi connectivity index (χ2n) is 6.91. The number of nitrogens with one attached hydrogen (secondary N) is 1. The molecular formula is C23H25N3O4S. The number of nitrogens with zero attached hydrogens (tertiary/aromatic N) is 2. The number of aryl methyl sites for hydroxylation is 1. The number of anilines is 1. The normalized spacial score (nSPS) is 11.3. The van der Waals surface area contributed by atoms with E-state index in [2.05, 4.69) is 10.3 Å². The monoisotopic (exact) mass is 439 g/mol. The average molecular weight is 440 g/mol. The smallest absolute Gasteiger partial charge is 0.245 e. The van der Waals surface area contributed by atoms with E-state index in [0.717, 1.165) is 21.9 Å². The van der Waals surface area contributed by atoms with Crippen LogP contribution in [0.5, 0.6) is 5.75 Å². The van der Waals surface area contributed by atoms with Gasteiger partial charge >= 0.3 is 0 Å². The topological polar surface area (TPSA) is 88.6 Å². The van der Waals surface area contributed by atoms with E-state index in [0.29, 0.717) is 11.4 Å². The Bertz CT molecular complexity index is 1100. The van der Waals surface area contributed by atoms with E-state index in [4.69, 9.17) is 4.74 Å². The van der Waals surface area contributed by atoms with Gasteiger partial charge in [-0.1, -0.05) is 31.2 Å². The molecule has 8 heteroatoms. The van der Waals surface area contributed by atoms with Crippen LogP contribution < -0.4 is 10.1 Å². The van der Waals surface area contributed by atoms with Gasteiger partial charge in [0, 0.05) is 24.6 Å². The summed E-state index contributed by atoms with van der Waals surface area (Å²) < 4.78 is 32.7. The zero-order valence-electron chi connectivity index (χ0n) is 17.5. The van der Waals surface area contributed by atoms with Crippen LogP contribution in [0.25, 0.3) is 0 Å². The van der Waals surface area contributed by atoms with Gasteiger partial charge in [-0.15, -0.1) is 0 Å². The molecule has 0 aliphatic rings. The molecule has 0 unspecified atom stereocenters. The van der Waals surface area contributed by atoms with Gasteiger partial charge in [0.25, 0.3) is 0 Å². The van der Waals surface area contributed by atoms with Crippen molar-refractivity contribution in [2.45, 2.75) is 24.8 Å². The number of benzene rings is 2. The van der Waals surface area contributed by atoms with Gasteiger partial charge in [0.1, 0.15) is 10.6 Å². The van der Waals surface area contributed by atoms with Gasteiger partial charge in [-0.05, 0) is 53.9 Å². The van der Waals surface area contributed by atoms with Crippen LogP contribution in [0.4, 0.5) is 5.69 Å². The minimum absolute atomic E-state index is 0.0311. The fraction of sp³-hybridized carbons (Fsp3) is 0.217. The summed E-state index contributed by atoms with van der Waals surface area (Å²) in [5, 5.41) is 2.77. The van der Waals surface area contributed by atoms with E-state index in [9.17, 15) is 13.2 Å². The third-order valence-corrected chi connectivity index (χ3v) is 6.53. The van der Waals surface area contributed by atoms with Crippen LogP contribution in [0.1, 0.15) is 18.1 Å². The Kier molecular flexibility index (Phi) is 7.38. The van der Waals surface area contributed by atoms with Crippen LogP contribution in [-0.2, 0) is 27.8 Å². The first-order valence-corrected chi connectivity index (χ1v) is 11.3. The molecular weight excluding hydrogens is 414 g/mol. The molecule has 1 heterocycles. The van der Waals surface area contributed by atoms with Gasteiger partial charge in [0.15, 0.2) is 0 Å². The second kappa shape index (κ2) is 10.2. The van der Waals surface area contributed by atoms with Gasteiger partial charge in [0.05, 0.1) is 13.7 Å². The Labute approximate surface area is 182 Å². The number of carbonyl (C=O) groups is 1. The van der Waals surface area contributed by atoms with Crippen molar-refractivity contribution in [2.75, 3.05) is 19.0 Å².